The van der Waals surface area contributed by atoms with Gasteiger partial charge in [-0.05, 0) is 19.9 Å². The van der Waals surface area contributed by atoms with Crippen LogP contribution in [0.3, 0.4) is 0 Å². The summed E-state index contributed by atoms with van der Waals surface area (Å²) in [5.74, 6) is 0. The highest BCUT2D eigenvalue weighted by Gasteiger charge is 2.48. The first-order chi connectivity index (χ1) is 15.7. The van der Waals surface area contributed by atoms with E-state index in [1.807, 2.05) is 5.32 Å². The van der Waals surface area contributed by atoms with Gasteiger partial charge < -0.3 is 25.4 Å². The van der Waals surface area contributed by atoms with Crippen molar-refractivity contribution in [1.82, 2.24) is 24.8 Å². The smallest absolute Gasteiger partial charge is 0.382 e. The lowest BCUT2D eigenvalue weighted by atomic mass is 10.1. The van der Waals surface area contributed by atoms with Crippen molar-refractivity contribution in [2.75, 3.05) is 20.3 Å². The molecule has 1 fully saturated rings. The van der Waals surface area contributed by atoms with Gasteiger partial charge in [-0.25, -0.2) is 14.3 Å². The van der Waals surface area contributed by atoms with E-state index in [0.717, 1.165) is 11.8 Å². The third-order valence-electron chi connectivity index (χ3n) is 5.51. The summed E-state index contributed by atoms with van der Waals surface area (Å²) in [6.45, 7) is 1.53. The molecule has 1 saturated heterocycles. The molecule has 2 aromatic rings. The van der Waals surface area contributed by atoms with Crippen molar-refractivity contribution in [1.29, 1.82) is 0 Å². The van der Waals surface area contributed by atoms with E-state index in [1.54, 1.807) is 0 Å². The normalized spacial score (nSPS) is 20.9. The Morgan fingerprint density at radius 1 is 1.26 bits per heavy atom. The predicted molar refractivity (Wildman–Crippen MR) is 106 cm³/mol. The standard InChI is InChI=1S/C19H24F6N6O3/c1-9(34-10(2)18(20,21)22)16(26)12-6-31-15(28-12)4-11(5-27-31)13(8-33-3)30-7-14(19(23,24)25)29-17(30)32/h4-6,9-10,13-14,16H,7-8,26H2,1-3H3,(H,29,32)/t9-,10?,13-,14?,16+/m1/s1. The Labute approximate surface area is 190 Å². The first kappa shape index (κ1) is 26.0. The fourth-order valence-corrected chi connectivity index (χ4v) is 3.51. The second-order valence-corrected chi connectivity index (χ2v) is 7.98. The van der Waals surface area contributed by atoms with E-state index in [9.17, 15) is 31.1 Å². The highest BCUT2D eigenvalue weighted by atomic mass is 19.4. The number of methoxy groups -OCH3 is 1. The summed E-state index contributed by atoms with van der Waals surface area (Å²) in [6.07, 6.45) is -9.47. The van der Waals surface area contributed by atoms with Crippen LogP contribution in [-0.2, 0) is 9.47 Å². The van der Waals surface area contributed by atoms with Crippen molar-refractivity contribution in [3.8, 4) is 0 Å². The number of nitrogens with two attached hydrogens (primary N) is 1. The molecule has 0 aromatic carbocycles. The van der Waals surface area contributed by atoms with Crippen LogP contribution in [0.2, 0.25) is 0 Å². The largest absolute Gasteiger partial charge is 0.414 e. The quantitative estimate of drug-likeness (QED) is 0.542. The number of nitrogens with one attached hydrogen (secondary N) is 1. The molecular formula is C19H24F6N6O3. The Balaban J connectivity index is 1.83. The average Bonchev–Trinajstić information content (AvgIpc) is 3.33. The lowest BCUT2D eigenvalue weighted by Crippen LogP contribution is -2.40. The number of urea groups is 1. The average molecular weight is 498 g/mol. The number of hydrogen-bond donors (Lipinski definition) is 2. The number of hydrogen-bond acceptors (Lipinski definition) is 6. The maximum atomic E-state index is 13.1. The minimum Gasteiger partial charge on any atom is -0.382 e. The molecule has 5 atom stereocenters. The number of halogens is 6. The molecule has 9 nitrogen and oxygen atoms in total. The molecule has 0 aliphatic carbocycles. The topological polar surface area (TPSA) is 107 Å². The first-order valence-corrected chi connectivity index (χ1v) is 10.2. The summed E-state index contributed by atoms with van der Waals surface area (Å²) >= 11 is 0. The van der Waals surface area contributed by atoms with Crippen molar-refractivity contribution in [3.05, 3.63) is 29.7 Å². The third kappa shape index (κ3) is 5.52. The number of aromatic nitrogens is 3. The number of imidazole rings is 1. The molecule has 3 rings (SSSR count). The van der Waals surface area contributed by atoms with Crippen molar-refractivity contribution >= 4 is 11.7 Å². The van der Waals surface area contributed by atoms with Crippen LogP contribution in [0.1, 0.15) is 37.2 Å². The molecule has 3 N–H and O–H groups in total. The maximum Gasteiger partial charge on any atom is 0.414 e. The van der Waals surface area contributed by atoms with Crippen LogP contribution in [0.15, 0.2) is 18.5 Å². The van der Waals surface area contributed by atoms with Gasteiger partial charge in [0.1, 0.15) is 6.04 Å². The van der Waals surface area contributed by atoms with Crippen molar-refractivity contribution < 1.29 is 40.6 Å². The minimum atomic E-state index is -4.61. The number of amides is 2. The summed E-state index contributed by atoms with van der Waals surface area (Å²) in [6, 6.07) is -3.33. The second-order valence-electron chi connectivity index (χ2n) is 7.98. The monoisotopic (exact) mass is 498 g/mol. The predicted octanol–water partition coefficient (Wildman–Crippen LogP) is 2.73. The Hall–Kier alpha value is -2.65. The van der Waals surface area contributed by atoms with Gasteiger partial charge in [-0.15, -0.1) is 0 Å². The molecule has 3 heterocycles. The molecule has 1 aliphatic heterocycles. The lowest BCUT2D eigenvalue weighted by molar-refractivity contribution is -0.227. The van der Waals surface area contributed by atoms with E-state index >= 15 is 0 Å². The van der Waals surface area contributed by atoms with Gasteiger partial charge in [0, 0.05) is 12.7 Å². The van der Waals surface area contributed by atoms with Gasteiger partial charge in [-0.1, -0.05) is 0 Å². The zero-order valence-electron chi connectivity index (χ0n) is 18.4. The Morgan fingerprint density at radius 3 is 2.50 bits per heavy atom. The molecule has 0 bridgehead atoms. The summed E-state index contributed by atoms with van der Waals surface area (Å²) in [7, 11) is 1.34. The van der Waals surface area contributed by atoms with Crippen LogP contribution < -0.4 is 11.1 Å². The number of nitrogens with zero attached hydrogens (tertiary/aromatic N) is 4. The van der Waals surface area contributed by atoms with E-state index in [2.05, 4.69) is 10.1 Å². The van der Waals surface area contributed by atoms with Gasteiger partial charge >= 0.3 is 18.4 Å². The van der Waals surface area contributed by atoms with Crippen LogP contribution in [0.4, 0.5) is 31.1 Å². The Kier molecular flexibility index (Phi) is 7.28. The van der Waals surface area contributed by atoms with Crippen LogP contribution in [-0.4, -0.2) is 76.4 Å². The molecule has 1 aliphatic rings. The minimum absolute atomic E-state index is 0.108. The van der Waals surface area contributed by atoms with Gasteiger partial charge in [-0.2, -0.15) is 31.4 Å². The highest BCUT2D eigenvalue weighted by molar-refractivity contribution is 5.77. The van der Waals surface area contributed by atoms with Gasteiger partial charge in [0.25, 0.3) is 0 Å². The number of carbonyl (C=O) groups is 1. The van der Waals surface area contributed by atoms with Gasteiger partial charge in [0.15, 0.2) is 11.8 Å². The SMILES string of the molecule is COC[C@H](c1cnn2cc([C@@H](N)[C@@H](C)OC(C)C(F)(F)F)nc2c1)N1CC(C(F)(F)F)NC1=O. The molecule has 34 heavy (non-hydrogen) atoms. The summed E-state index contributed by atoms with van der Waals surface area (Å²) in [5.41, 5.74) is 6.81. The summed E-state index contributed by atoms with van der Waals surface area (Å²) < 4.78 is 88.9. The van der Waals surface area contributed by atoms with Crippen LogP contribution in [0.5, 0.6) is 0 Å². The van der Waals surface area contributed by atoms with E-state index in [4.69, 9.17) is 15.2 Å². The second kappa shape index (κ2) is 9.54. The van der Waals surface area contributed by atoms with E-state index < -0.39 is 55.3 Å². The van der Waals surface area contributed by atoms with Crippen molar-refractivity contribution in [3.63, 3.8) is 0 Å². The van der Waals surface area contributed by atoms with Gasteiger partial charge in [-0.3, -0.25) is 0 Å². The van der Waals surface area contributed by atoms with Crippen LogP contribution in [0.25, 0.3) is 5.65 Å². The molecule has 0 saturated carbocycles. The molecule has 2 aromatic heterocycles. The lowest BCUT2D eigenvalue weighted by Gasteiger charge is -2.26. The fourth-order valence-electron chi connectivity index (χ4n) is 3.51. The Bertz CT molecular complexity index is 1010. The van der Waals surface area contributed by atoms with E-state index in [-0.39, 0.29) is 17.9 Å². The molecule has 2 amide bonds. The van der Waals surface area contributed by atoms with Gasteiger partial charge in [0.2, 0.25) is 0 Å². The number of fused-ring (bicyclic) bond motifs is 1. The first-order valence-electron chi connectivity index (χ1n) is 10.2. The zero-order valence-corrected chi connectivity index (χ0v) is 18.4. The molecular weight excluding hydrogens is 474 g/mol. The van der Waals surface area contributed by atoms with Crippen LogP contribution >= 0.6 is 0 Å². The number of ether oxygens (including phenoxy) is 2. The zero-order chi connectivity index (χ0) is 25.4. The van der Waals surface area contributed by atoms with Gasteiger partial charge in [0.05, 0.1) is 49.4 Å². The number of carbonyl (C=O) groups excluding carboxylic acids is 1. The van der Waals surface area contributed by atoms with Crippen molar-refractivity contribution in [2.45, 2.75) is 56.5 Å². The Morgan fingerprint density at radius 2 is 1.94 bits per heavy atom. The highest BCUT2D eigenvalue weighted by Crippen LogP contribution is 2.31. The summed E-state index contributed by atoms with van der Waals surface area (Å²) in [5, 5.41) is 6.05. The maximum absolute atomic E-state index is 13.1. The summed E-state index contributed by atoms with van der Waals surface area (Å²) in [4.78, 5) is 17.5. The third-order valence-corrected chi connectivity index (χ3v) is 5.51. The molecule has 15 heteroatoms. The molecule has 2 unspecified atom stereocenters. The number of rotatable bonds is 8. The molecule has 0 radical (unpaired) electrons. The fraction of sp³-hybridized carbons (Fsp3) is 0.632. The van der Waals surface area contributed by atoms with E-state index in [0.29, 0.717) is 5.56 Å². The van der Waals surface area contributed by atoms with Crippen molar-refractivity contribution in [2.24, 2.45) is 5.73 Å². The molecule has 190 valence electrons. The van der Waals surface area contributed by atoms with E-state index in [1.165, 1.54) is 37.0 Å². The number of alkyl halides is 6. The van der Waals surface area contributed by atoms with Crippen LogP contribution in [0, 0.1) is 0 Å². The molecule has 0 spiro atoms.